The third-order valence-corrected chi connectivity index (χ3v) is 1.99. The first-order valence-corrected chi connectivity index (χ1v) is 4.58. The summed E-state index contributed by atoms with van der Waals surface area (Å²) in [5.41, 5.74) is 5.16. The summed E-state index contributed by atoms with van der Waals surface area (Å²) < 4.78 is 0. The van der Waals surface area contributed by atoms with Crippen LogP contribution >= 0.6 is 11.8 Å². The highest BCUT2D eigenvalue weighted by Gasteiger charge is 1.94. The van der Waals surface area contributed by atoms with Crippen molar-refractivity contribution in [3.63, 3.8) is 0 Å². The number of nitrogens with two attached hydrogens (primary N) is 1. The molecule has 0 spiro atoms. The van der Waals surface area contributed by atoms with Gasteiger partial charge in [0.25, 0.3) is 0 Å². The van der Waals surface area contributed by atoms with E-state index in [1.54, 1.807) is 0 Å². The summed E-state index contributed by atoms with van der Waals surface area (Å²) >= 11 is 1.43. The zero-order chi connectivity index (χ0) is 7.98. The van der Waals surface area contributed by atoms with Crippen molar-refractivity contribution in [1.82, 2.24) is 0 Å². The van der Waals surface area contributed by atoms with Crippen molar-refractivity contribution >= 4 is 16.9 Å². The lowest BCUT2D eigenvalue weighted by molar-refractivity contribution is 0.579. The Morgan fingerprint density at radius 3 is 2.60 bits per heavy atom. The van der Waals surface area contributed by atoms with E-state index >= 15 is 0 Å². The van der Waals surface area contributed by atoms with Crippen LogP contribution in [0.25, 0.3) is 0 Å². The Hall–Kier alpha value is -0.180. The van der Waals surface area contributed by atoms with Crippen LogP contribution in [0.15, 0.2) is 0 Å². The third-order valence-electron chi connectivity index (χ3n) is 1.18. The van der Waals surface area contributed by atoms with E-state index < -0.39 is 0 Å². The van der Waals surface area contributed by atoms with E-state index in [1.807, 2.05) is 0 Å². The van der Waals surface area contributed by atoms with Crippen LogP contribution in [0.5, 0.6) is 0 Å². The second-order valence-corrected chi connectivity index (χ2v) is 3.89. The minimum absolute atomic E-state index is 0.240. The molecule has 0 atom stereocenters. The van der Waals surface area contributed by atoms with Crippen molar-refractivity contribution in [1.29, 1.82) is 5.41 Å². The van der Waals surface area contributed by atoms with E-state index in [-0.39, 0.29) is 5.17 Å². The molecule has 0 aliphatic rings. The molecule has 0 aromatic carbocycles. The van der Waals surface area contributed by atoms with Gasteiger partial charge in [-0.2, -0.15) is 0 Å². The van der Waals surface area contributed by atoms with Crippen LogP contribution in [0.3, 0.4) is 0 Å². The fourth-order valence-electron chi connectivity index (χ4n) is 0.674. The molecule has 0 bridgehead atoms. The number of hydrogen-bond acceptors (Lipinski definition) is 2. The predicted octanol–water partition coefficient (Wildman–Crippen LogP) is 2.05. The number of thioether (sulfide) groups is 1. The second kappa shape index (κ2) is 5.59. The Labute approximate surface area is 67.1 Å². The molecule has 0 radical (unpaired) electrons. The van der Waals surface area contributed by atoms with E-state index in [2.05, 4.69) is 13.8 Å². The highest BCUT2D eigenvalue weighted by Crippen LogP contribution is 2.08. The second-order valence-electron chi connectivity index (χ2n) is 2.75. The van der Waals surface area contributed by atoms with Gasteiger partial charge in [0.2, 0.25) is 0 Å². The number of rotatable bonds is 4. The maximum Gasteiger partial charge on any atom is 0.151 e. The van der Waals surface area contributed by atoms with Gasteiger partial charge < -0.3 is 5.73 Å². The Kier molecular flexibility index (Phi) is 5.49. The van der Waals surface area contributed by atoms with E-state index in [0.29, 0.717) is 0 Å². The van der Waals surface area contributed by atoms with E-state index in [0.717, 1.165) is 11.7 Å². The minimum Gasteiger partial charge on any atom is -0.379 e. The molecule has 60 valence electrons. The number of nitrogens with one attached hydrogen (secondary N) is 1. The third kappa shape index (κ3) is 7.82. The van der Waals surface area contributed by atoms with E-state index in [9.17, 15) is 0 Å². The van der Waals surface area contributed by atoms with Crippen LogP contribution in [0.2, 0.25) is 0 Å². The van der Waals surface area contributed by atoms with Crippen molar-refractivity contribution in [2.24, 2.45) is 11.7 Å². The van der Waals surface area contributed by atoms with Crippen molar-refractivity contribution < 1.29 is 0 Å². The summed E-state index contributed by atoms with van der Waals surface area (Å²) in [5, 5.41) is 7.16. The van der Waals surface area contributed by atoms with Crippen LogP contribution in [0, 0.1) is 11.3 Å². The van der Waals surface area contributed by atoms with Crippen molar-refractivity contribution in [2.45, 2.75) is 26.7 Å². The SMILES string of the molecule is CC(C)CCCSC(=N)N. The summed E-state index contributed by atoms with van der Waals surface area (Å²) in [6.07, 6.45) is 2.40. The number of hydrogen-bond donors (Lipinski definition) is 2. The maximum atomic E-state index is 6.92. The fraction of sp³-hybridized carbons (Fsp3) is 0.857. The van der Waals surface area contributed by atoms with E-state index in [1.165, 1.54) is 24.6 Å². The van der Waals surface area contributed by atoms with Gasteiger partial charge in [-0.05, 0) is 12.3 Å². The van der Waals surface area contributed by atoms with Crippen LogP contribution in [0.1, 0.15) is 26.7 Å². The summed E-state index contributed by atoms with van der Waals surface area (Å²) in [4.78, 5) is 0. The lowest BCUT2D eigenvalue weighted by Crippen LogP contribution is -2.04. The van der Waals surface area contributed by atoms with Crippen LogP contribution in [0.4, 0.5) is 0 Å². The zero-order valence-corrected chi connectivity index (χ0v) is 7.50. The Bertz CT molecular complexity index is 102. The van der Waals surface area contributed by atoms with Gasteiger partial charge in [0, 0.05) is 5.75 Å². The highest BCUT2D eigenvalue weighted by atomic mass is 32.2. The fourth-order valence-corrected chi connectivity index (χ4v) is 1.20. The standard InChI is InChI=1S/C7H16N2S/c1-6(2)4-3-5-10-7(8)9/h6H,3-5H2,1-2H3,(H3,8,9). The normalized spacial score (nSPS) is 10.3. The van der Waals surface area contributed by atoms with Gasteiger partial charge >= 0.3 is 0 Å². The molecule has 0 saturated heterocycles. The average molecular weight is 160 g/mol. The monoisotopic (exact) mass is 160 g/mol. The summed E-state index contributed by atoms with van der Waals surface area (Å²) in [7, 11) is 0. The van der Waals surface area contributed by atoms with Gasteiger partial charge in [0.1, 0.15) is 0 Å². The molecule has 3 heteroatoms. The van der Waals surface area contributed by atoms with Crippen LogP contribution in [-0.4, -0.2) is 10.9 Å². The van der Waals surface area contributed by atoms with Crippen molar-refractivity contribution in [3.05, 3.63) is 0 Å². The van der Waals surface area contributed by atoms with Crippen molar-refractivity contribution in [2.75, 3.05) is 5.75 Å². The quantitative estimate of drug-likeness (QED) is 0.375. The Morgan fingerprint density at radius 2 is 2.20 bits per heavy atom. The molecule has 10 heavy (non-hydrogen) atoms. The lowest BCUT2D eigenvalue weighted by Gasteiger charge is -2.02. The molecule has 0 unspecified atom stereocenters. The molecule has 0 rings (SSSR count). The Morgan fingerprint density at radius 1 is 1.60 bits per heavy atom. The molecule has 0 fully saturated rings. The van der Waals surface area contributed by atoms with Gasteiger partial charge in [-0.3, -0.25) is 5.41 Å². The molecule has 3 N–H and O–H groups in total. The van der Waals surface area contributed by atoms with Gasteiger partial charge in [0.05, 0.1) is 0 Å². The lowest BCUT2D eigenvalue weighted by atomic mass is 10.1. The number of amidine groups is 1. The largest absolute Gasteiger partial charge is 0.379 e. The average Bonchev–Trinajstić information content (AvgIpc) is 1.79. The first-order chi connectivity index (χ1) is 4.63. The first kappa shape index (κ1) is 9.82. The molecule has 0 aliphatic heterocycles. The van der Waals surface area contributed by atoms with Gasteiger partial charge in [-0.1, -0.05) is 32.0 Å². The summed E-state index contributed by atoms with van der Waals surface area (Å²) in [6, 6.07) is 0. The molecule has 2 nitrogen and oxygen atoms in total. The summed E-state index contributed by atoms with van der Waals surface area (Å²) in [5.74, 6) is 1.76. The van der Waals surface area contributed by atoms with Gasteiger partial charge in [-0.15, -0.1) is 0 Å². The molecular weight excluding hydrogens is 144 g/mol. The smallest absolute Gasteiger partial charge is 0.151 e. The molecule has 0 amide bonds. The van der Waals surface area contributed by atoms with Gasteiger partial charge in [0.15, 0.2) is 5.17 Å². The predicted molar refractivity (Wildman–Crippen MR) is 48.4 cm³/mol. The van der Waals surface area contributed by atoms with Gasteiger partial charge in [-0.25, -0.2) is 0 Å². The summed E-state index contributed by atoms with van der Waals surface area (Å²) in [6.45, 7) is 4.41. The molecule has 0 aliphatic carbocycles. The molecule has 0 heterocycles. The topological polar surface area (TPSA) is 49.9 Å². The minimum atomic E-state index is 0.240. The molecule has 0 aromatic rings. The van der Waals surface area contributed by atoms with E-state index in [4.69, 9.17) is 11.1 Å². The maximum absolute atomic E-state index is 6.92. The zero-order valence-electron chi connectivity index (χ0n) is 6.68. The van der Waals surface area contributed by atoms with Crippen LogP contribution < -0.4 is 5.73 Å². The molecule has 0 saturated carbocycles. The van der Waals surface area contributed by atoms with Crippen LogP contribution in [-0.2, 0) is 0 Å². The first-order valence-electron chi connectivity index (χ1n) is 3.59. The molecular formula is C7H16N2S. The highest BCUT2D eigenvalue weighted by molar-refractivity contribution is 8.13. The Balaban J connectivity index is 2.98. The molecule has 0 aromatic heterocycles. The van der Waals surface area contributed by atoms with Crippen molar-refractivity contribution in [3.8, 4) is 0 Å².